The fourth-order valence-corrected chi connectivity index (χ4v) is 2.38. The van der Waals surface area contributed by atoms with Crippen molar-refractivity contribution in [1.29, 1.82) is 0 Å². The van der Waals surface area contributed by atoms with E-state index in [1.165, 1.54) is 6.92 Å². The number of nitrogens with zero attached hydrogens (tertiary/aromatic N) is 1. The average Bonchev–Trinajstić information content (AvgIpc) is 2.93. The molecule has 6 nitrogen and oxygen atoms in total. The number of pyridine rings is 1. The molecule has 112 valence electrons. The number of carbonyl (C=O) groups excluding carboxylic acids is 2. The topological polar surface area (TPSA) is 80.3 Å². The van der Waals surface area contributed by atoms with E-state index >= 15 is 0 Å². The van der Waals surface area contributed by atoms with Crippen LogP contribution < -0.4 is 15.4 Å². The van der Waals surface area contributed by atoms with Crippen molar-refractivity contribution in [3.8, 4) is 5.75 Å². The molecule has 2 heterocycles. The van der Waals surface area contributed by atoms with E-state index in [1.807, 2.05) is 24.3 Å². The Kier molecular flexibility index (Phi) is 3.74. The normalized spacial score (nSPS) is 15.6. The Bertz CT molecular complexity index is 730. The molecule has 0 saturated heterocycles. The number of nitrogens with one attached hydrogen (secondary N) is 2. The first-order valence-electron chi connectivity index (χ1n) is 6.90. The van der Waals surface area contributed by atoms with E-state index in [1.54, 1.807) is 18.3 Å². The van der Waals surface area contributed by atoms with Crippen molar-refractivity contribution in [3.05, 3.63) is 48.2 Å². The first-order valence-corrected chi connectivity index (χ1v) is 6.90. The van der Waals surface area contributed by atoms with Gasteiger partial charge in [0.15, 0.2) is 5.82 Å². The fourth-order valence-electron chi connectivity index (χ4n) is 2.38. The summed E-state index contributed by atoms with van der Waals surface area (Å²) in [6, 6.07) is 10.8. The summed E-state index contributed by atoms with van der Waals surface area (Å²) < 4.78 is 5.51. The molecule has 6 heteroatoms. The lowest BCUT2D eigenvalue weighted by atomic mass is 10.0. The van der Waals surface area contributed by atoms with Gasteiger partial charge in [-0.25, -0.2) is 4.98 Å². The highest BCUT2D eigenvalue weighted by molar-refractivity contribution is 6.00. The maximum atomic E-state index is 12.5. The molecule has 0 aliphatic carbocycles. The van der Waals surface area contributed by atoms with Crippen LogP contribution in [0.15, 0.2) is 42.6 Å². The van der Waals surface area contributed by atoms with E-state index in [0.29, 0.717) is 18.1 Å². The summed E-state index contributed by atoms with van der Waals surface area (Å²) in [7, 11) is 0. The van der Waals surface area contributed by atoms with E-state index in [2.05, 4.69) is 15.6 Å². The van der Waals surface area contributed by atoms with Crippen molar-refractivity contribution in [1.82, 2.24) is 4.98 Å². The van der Waals surface area contributed by atoms with Gasteiger partial charge in [0.1, 0.15) is 18.3 Å². The minimum Gasteiger partial charge on any atom is -0.492 e. The van der Waals surface area contributed by atoms with Crippen molar-refractivity contribution < 1.29 is 14.3 Å². The number of ether oxygens (including phenoxy) is 1. The van der Waals surface area contributed by atoms with Crippen LogP contribution in [0.4, 0.5) is 11.5 Å². The summed E-state index contributed by atoms with van der Waals surface area (Å²) in [5.41, 5.74) is 1.33. The molecular formula is C16H15N3O3. The van der Waals surface area contributed by atoms with Crippen molar-refractivity contribution in [2.75, 3.05) is 17.2 Å². The van der Waals surface area contributed by atoms with Crippen LogP contribution in [0, 0.1) is 0 Å². The summed E-state index contributed by atoms with van der Waals surface area (Å²) in [5, 5.41) is 5.40. The molecule has 0 fully saturated rings. The first-order chi connectivity index (χ1) is 10.6. The Morgan fingerprint density at radius 1 is 1.18 bits per heavy atom. The quantitative estimate of drug-likeness (QED) is 0.909. The summed E-state index contributed by atoms with van der Waals surface area (Å²) in [5.74, 6) is 0.231. The molecule has 0 spiro atoms. The van der Waals surface area contributed by atoms with E-state index < -0.39 is 0 Å². The number of benzene rings is 1. The van der Waals surface area contributed by atoms with Gasteiger partial charge >= 0.3 is 0 Å². The van der Waals surface area contributed by atoms with Crippen LogP contribution in [0.2, 0.25) is 0 Å². The Balaban J connectivity index is 1.80. The Labute approximate surface area is 127 Å². The van der Waals surface area contributed by atoms with Crippen LogP contribution >= 0.6 is 0 Å². The lowest BCUT2D eigenvalue weighted by Gasteiger charge is -2.13. The number of hydrogen-bond acceptors (Lipinski definition) is 4. The zero-order valence-electron chi connectivity index (χ0n) is 12.0. The fraction of sp³-hybridized carbons (Fsp3) is 0.188. The molecule has 22 heavy (non-hydrogen) atoms. The second-order valence-corrected chi connectivity index (χ2v) is 4.97. The number of para-hydroxylation sites is 1. The smallest absolute Gasteiger partial charge is 0.236 e. The number of anilines is 2. The van der Waals surface area contributed by atoms with Crippen molar-refractivity contribution in [2.45, 2.75) is 12.8 Å². The van der Waals surface area contributed by atoms with Crippen LogP contribution in [-0.4, -0.2) is 23.4 Å². The average molecular weight is 297 g/mol. The molecule has 1 aliphatic heterocycles. The minimum atomic E-state index is -0.386. The zero-order valence-corrected chi connectivity index (χ0v) is 12.0. The van der Waals surface area contributed by atoms with Crippen molar-refractivity contribution in [2.24, 2.45) is 0 Å². The second kappa shape index (κ2) is 5.85. The maximum Gasteiger partial charge on any atom is 0.236 e. The molecule has 1 aromatic carbocycles. The lowest BCUT2D eigenvalue weighted by Crippen LogP contribution is -2.23. The largest absolute Gasteiger partial charge is 0.492 e. The van der Waals surface area contributed by atoms with Crippen LogP contribution in [0.5, 0.6) is 5.75 Å². The molecule has 0 radical (unpaired) electrons. The van der Waals surface area contributed by atoms with Gasteiger partial charge in [0.05, 0.1) is 5.69 Å². The number of fused-ring (bicyclic) bond motifs is 1. The predicted octanol–water partition coefficient (Wildman–Crippen LogP) is 2.15. The Morgan fingerprint density at radius 2 is 2.00 bits per heavy atom. The maximum absolute atomic E-state index is 12.5. The lowest BCUT2D eigenvalue weighted by molar-refractivity contribution is -0.118. The molecule has 2 amide bonds. The van der Waals surface area contributed by atoms with Gasteiger partial charge in [-0.2, -0.15) is 0 Å². The Hall–Kier alpha value is -2.89. The molecule has 1 atom stereocenters. The third-order valence-corrected chi connectivity index (χ3v) is 3.38. The summed E-state index contributed by atoms with van der Waals surface area (Å²) in [6.45, 7) is 1.70. The molecule has 2 N–H and O–H groups in total. The van der Waals surface area contributed by atoms with E-state index in [4.69, 9.17) is 4.74 Å². The standard InChI is InChI=1S/C16H15N3O3/c1-10(20)18-13-6-4-8-17-15(13)19-16(21)12-9-22-14-7-3-2-5-11(12)14/h2-8,12H,9H2,1H3,(H,18,20)(H,17,19,21). The number of hydrogen-bond donors (Lipinski definition) is 2. The monoisotopic (exact) mass is 297 g/mol. The highest BCUT2D eigenvalue weighted by atomic mass is 16.5. The van der Waals surface area contributed by atoms with Gasteiger partial charge < -0.3 is 15.4 Å². The molecular weight excluding hydrogens is 282 g/mol. The highest BCUT2D eigenvalue weighted by Crippen LogP contribution is 2.34. The molecule has 0 bridgehead atoms. The molecule has 1 aliphatic rings. The van der Waals surface area contributed by atoms with Crippen molar-refractivity contribution in [3.63, 3.8) is 0 Å². The number of rotatable bonds is 3. The van der Waals surface area contributed by atoms with Gasteiger partial charge in [-0.05, 0) is 18.2 Å². The number of amides is 2. The van der Waals surface area contributed by atoms with Crippen LogP contribution in [0.25, 0.3) is 0 Å². The number of carbonyl (C=O) groups is 2. The molecule has 3 rings (SSSR count). The summed E-state index contributed by atoms with van der Waals surface area (Å²) >= 11 is 0. The first kappa shape index (κ1) is 14.1. The third-order valence-electron chi connectivity index (χ3n) is 3.38. The molecule has 1 aromatic heterocycles. The predicted molar refractivity (Wildman–Crippen MR) is 81.8 cm³/mol. The molecule has 0 saturated carbocycles. The van der Waals surface area contributed by atoms with Crippen LogP contribution in [0.1, 0.15) is 18.4 Å². The van der Waals surface area contributed by atoms with E-state index in [0.717, 1.165) is 11.3 Å². The van der Waals surface area contributed by atoms with Gasteiger partial charge in [-0.3, -0.25) is 9.59 Å². The van der Waals surface area contributed by atoms with Gasteiger partial charge in [-0.15, -0.1) is 0 Å². The Morgan fingerprint density at radius 3 is 2.82 bits per heavy atom. The zero-order chi connectivity index (χ0) is 15.5. The molecule has 1 unspecified atom stereocenters. The minimum absolute atomic E-state index is 0.213. The third kappa shape index (κ3) is 2.76. The van der Waals surface area contributed by atoms with Crippen molar-refractivity contribution >= 4 is 23.3 Å². The highest BCUT2D eigenvalue weighted by Gasteiger charge is 2.30. The van der Waals surface area contributed by atoms with Gasteiger partial charge in [0.25, 0.3) is 0 Å². The molecule has 2 aromatic rings. The SMILES string of the molecule is CC(=O)Nc1cccnc1NC(=O)C1COc2ccccc21. The van der Waals surface area contributed by atoms with Gasteiger partial charge in [0.2, 0.25) is 11.8 Å². The van der Waals surface area contributed by atoms with Crippen LogP contribution in [0.3, 0.4) is 0 Å². The van der Waals surface area contributed by atoms with E-state index in [-0.39, 0.29) is 17.7 Å². The van der Waals surface area contributed by atoms with Gasteiger partial charge in [0, 0.05) is 18.7 Å². The second-order valence-electron chi connectivity index (χ2n) is 4.97. The number of aromatic nitrogens is 1. The van der Waals surface area contributed by atoms with Gasteiger partial charge in [-0.1, -0.05) is 18.2 Å². The summed E-state index contributed by atoms with van der Waals surface area (Å²) in [4.78, 5) is 27.8. The van der Waals surface area contributed by atoms with E-state index in [9.17, 15) is 9.59 Å². The van der Waals surface area contributed by atoms with Crippen LogP contribution in [-0.2, 0) is 9.59 Å². The summed E-state index contributed by atoms with van der Waals surface area (Å²) in [6.07, 6.45) is 1.56.